The van der Waals surface area contributed by atoms with Gasteiger partial charge >= 0.3 is 5.97 Å². The Morgan fingerprint density at radius 1 is 1.37 bits per heavy atom. The van der Waals surface area contributed by atoms with Gasteiger partial charge in [-0.2, -0.15) is 0 Å². The third-order valence-electron chi connectivity index (χ3n) is 3.45. The molecule has 0 aliphatic rings. The average Bonchev–Trinajstić information content (AvgIpc) is 2.34. The van der Waals surface area contributed by atoms with Crippen LogP contribution < -0.4 is 0 Å². The van der Waals surface area contributed by atoms with E-state index < -0.39 is 17.7 Å². The topological polar surface area (TPSA) is 54.4 Å². The molecule has 4 heteroatoms. The van der Waals surface area contributed by atoms with Crippen LogP contribution in [-0.2, 0) is 16.0 Å². The van der Waals surface area contributed by atoms with Crippen LogP contribution in [0, 0.1) is 11.7 Å². The number of hydrogen-bond donors (Lipinski definition) is 1. The fraction of sp³-hybridized carbons (Fsp3) is 0.467. The average molecular weight is 266 g/mol. The highest BCUT2D eigenvalue weighted by molar-refractivity contribution is 5.78. The van der Waals surface area contributed by atoms with Gasteiger partial charge in [0.25, 0.3) is 0 Å². The van der Waals surface area contributed by atoms with Crippen molar-refractivity contribution in [3.05, 3.63) is 35.1 Å². The van der Waals surface area contributed by atoms with Gasteiger partial charge in [0.2, 0.25) is 0 Å². The Morgan fingerprint density at radius 3 is 2.42 bits per heavy atom. The summed E-state index contributed by atoms with van der Waals surface area (Å²) < 4.78 is 13.9. The molecule has 0 unspecified atom stereocenters. The predicted octanol–water partition coefficient (Wildman–Crippen LogP) is 3.17. The number of carbonyl (C=O) groups is 2. The van der Waals surface area contributed by atoms with Crippen LogP contribution in [0.5, 0.6) is 0 Å². The molecule has 2 atom stereocenters. The number of rotatable bonds is 6. The van der Waals surface area contributed by atoms with E-state index in [0.717, 1.165) is 5.56 Å². The van der Waals surface area contributed by atoms with Gasteiger partial charge in [-0.25, -0.2) is 4.39 Å². The first-order valence-electron chi connectivity index (χ1n) is 6.38. The van der Waals surface area contributed by atoms with Crippen molar-refractivity contribution in [2.24, 2.45) is 5.92 Å². The van der Waals surface area contributed by atoms with Gasteiger partial charge in [-0.15, -0.1) is 0 Å². The summed E-state index contributed by atoms with van der Waals surface area (Å²) in [6.45, 7) is 4.90. The summed E-state index contributed by atoms with van der Waals surface area (Å²) in [7, 11) is 0. The van der Waals surface area contributed by atoms with Crippen LogP contribution in [0.3, 0.4) is 0 Å². The van der Waals surface area contributed by atoms with Crippen molar-refractivity contribution < 1.29 is 19.1 Å². The number of benzene rings is 1. The fourth-order valence-corrected chi connectivity index (χ4v) is 2.04. The minimum atomic E-state index is -1.05. The van der Waals surface area contributed by atoms with E-state index >= 15 is 0 Å². The molecule has 0 aromatic heterocycles. The largest absolute Gasteiger partial charge is 0.481 e. The molecule has 1 rings (SSSR count). The Balaban J connectivity index is 2.94. The van der Waals surface area contributed by atoms with Gasteiger partial charge in [0.1, 0.15) is 11.6 Å². The van der Waals surface area contributed by atoms with E-state index in [1.807, 2.05) is 6.92 Å². The predicted molar refractivity (Wildman–Crippen MR) is 70.6 cm³/mol. The summed E-state index contributed by atoms with van der Waals surface area (Å²) in [4.78, 5) is 22.2. The maximum absolute atomic E-state index is 13.9. The van der Waals surface area contributed by atoms with Crippen molar-refractivity contribution in [1.82, 2.24) is 0 Å². The van der Waals surface area contributed by atoms with E-state index in [0.29, 0.717) is 12.8 Å². The highest BCUT2D eigenvalue weighted by Gasteiger charge is 2.19. The number of halogens is 1. The number of carboxylic acids is 1. The molecular weight excluding hydrogens is 247 g/mol. The normalized spacial score (nSPS) is 13.9. The minimum absolute atomic E-state index is 0.0888. The molecule has 1 N–H and O–H groups in total. The number of hydrogen-bond acceptors (Lipinski definition) is 2. The molecule has 0 aliphatic heterocycles. The highest BCUT2D eigenvalue weighted by Crippen LogP contribution is 2.22. The number of carbonyl (C=O) groups excluding carboxylic acids is 1. The number of aliphatic carboxylic acids is 1. The molecule has 0 radical (unpaired) electrons. The van der Waals surface area contributed by atoms with E-state index in [1.54, 1.807) is 6.07 Å². The Labute approximate surface area is 112 Å². The first kappa shape index (κ1) is 15.3. The van der Waals surface area contributed by atoms with E-state index in [1.165, 1.54) is 26.0 Å². The van der Waals surface area contributed by atoms with E-state index in [4.69, 9.17) is 5.11 Å². The van der Waals surface area contributed by atoms with E-state index in [9.17, 15) is 14.0 Å². The molecule has 1 aromatic carbocycles. The molecule has 104 valence electrons. The lowest BCUT2D eigenvalue weighted by molar-refractivity contribution is -0.138. The summed E-state index contributed by atoms with van der Waals surface area (Å²) in [5.41, 5.74) is 0.896. The standard InChI is InChI=1S/C15H19FO3/c1-4-12(10(3)17)7-11-5-6-13(14(16)8-11)9(2)15(18)19/h5-6,8-9,12H,4,7H2,1-3H3,(H,18,19)/t9-,12+/m1/s1. The molecule has 0 spiro atoms. The molecule has 0 bridgehead atoms. The Kier molecular flexibility index (Phi) is 5.21. The second-order valence-corrected chi connectivity index (χ2v) is 4.84. The first-order chi connectivity index (χ1) is 8.86. The number of carboxylic acid groups (broad SMARTS) is 1. The molecule has 0 aliphatic carbocycles. The Morgan fingerprint density at radius 2 is 2.00 bits per heavy atom. The van der Waals surface area contributed by atoms with Gasteiger partial charge in [-0.3, -0.25) is 9.59 Å². The fourth-order valence-electron chi connectivity index (χ4n) is 2.04. The van der Waals surface area contributed by atoms with Crippen molar-refractivity contribution in [3.8, 4) is 0 Å². The molecule has 0 heterocycles. The smallest absolute Gasteiger partial charge is 0.310 e. The van der Waals surface area contributed by atoms with Gasteiger partial charge in [0.05, 0.1) is 5.92 Å². The molecule has 19 heavy (non-hydrogen) atoms. The lowest BCUT2D eigenvalue weighted by Gasteiger charge is -2.13. The molecule has 3 nitrogen and oxygen atoms in total. The number of Topliss-reactive ketones (excluding diaryl/α,β-unsaturated/α-hetero) is 1. The zero-order valence-electron chi connectivity index (χ0n) is 11.4. The van der Waals surface area contributed by atoms with Gasteiger partial charge in [0.15, 0.2) is 0 Å². The van der Waals surface area contributed by atoms with Crippen LogP contribution in [0.25, 0.3) is 0 Å². The van der Waals surface area contributed by atoms with Crippen LogP contribution in [0.15, 0.2) is 18.2 Å². The second kappa shape index (κ2) is 6.45. The van der Waals surface area contributed by atoms with Crippen LogP contribution in [0.2, 0.25) is 0 Å². The molecular formula is C15H19FO3. The summed E-state index contributed by atoms with van der Waals surface area (Å²) in [5, 5.41) is 8.87. The summed E-state index contributed by atoms with van der Waals surface area (Å²) in [6, 6.07) is 4.53. The molecule has 0 saturated heterocycles. The lowest BCUT2D eigenvalue weighted by atomic mass is 9.91. The van der Waals surface area contributed by atoms with Crippen LogP contribution in [0.1, 0.15) is 44.2 Å². The van der Waals surface area contributed by atoms with Gasteiger partial charge in [-0.05, 0) is 38.3 Å². The third kappa shape index (κ3) is 3.88. The van der Waals surface area contributed by atoms with Gasteiger partial charge < -0.3 is 5.11 Å². The highest BCUT2D eigenvalue weighted by atomic mass is 19.1. The second-order valence-electron chi connectivity index (χ2n) is 4.84. The number of ketones is 1. The van der Waals surface area contributed by atoms with E-state index in [-0.39, 0.29) is 17.3 Å². The maximum Gasteiger partial charge on any atom is 0.310 e. The molecule has 0 saturated carbocycles. The summed E-state index contributed by atoms with van der Waals surface area (Å²) in [6.07, 6.45) is 1.20. The quantitative estimate of drug-likeness (QED) is 0.860. The van der Waals surface area contributed by atoms with Crippen molar-refractivity contribution in [3.63, 3.8) is 0 Å². The minimum Gasteiger partial charge on any atom is -0.481 e. The monoisotopic (exact) mass is 266 g/mol. The van der Waals surface area contributed by atoms with Crippen LogP contribution >= 0.6 is 0 Å². The van der Waals surface area contributed by atoms with E-state index in [2.05, 4.69) is 0 Å². The van der Waals surface area contributed by atoms with Crippen molar-refractivity contribution in [1.29, 1.82) is 0 Å². The molecule has 1 aromatic rings. The van der Waals surface area contributed by atoms with Crippen molar-refractivity contribution >= 4 is 11.8 Å². The Bertz CT molecular complexity index is 482. The van der Waals surface area contributed by atoms with Gasteiger partial charge in [0, 0.05) is 11.5 Å². The van der Waals surface area contributed by atoms with Crippen LogP contribution in [-0.4, -0.2) is 16.9 Å². The maximum atomic E-state index is 13.9. The Hall–Kier alpha value is -1.71. The zero-order chi connectivity index (χ0) is 14.6. The summed E-state index contributed by atoms with van der Waals surface area (Å²) >= 11 is 0. The van der Waals surface area contributed by atoms with Crippen LogP contribution in [0.4, 0.5) is 4.39 Å². The van der Waals surface area contributed by atoms with Crippen molar-refractivity contribution in [2.45, 2.75) is 39.5 Å². The molecule has 0 amide bonds. The third-order valence-corrected chi connectivity index (χ3v) is 3.45. The first-order valence-corrected chi connectivity index (χ1v) is 6.38. The lowest BCUT2D eigenvalue weighted by Crippen LogP contribution is -2.14. The summed E-state index contributed by atoms with van der Waals surface area (Å²) in [5.74, 6) is -2.47. The zero-order valence-corrected chi connectivity index (χ0v) is 11.4. The molecule has 0 fully saturated rings. The van der Waals surface area contributed by atoms with Gasteiger partial charge in [-0.1, -0.05) is 19.1 Å². The SMILES string of the molecule is CC[C@@H](Cc1ccc([C@@H](C)C(=O)O)c(F)c1)C(C)=O. The van der Waals surface area contributed by atoms with Crippen molar-refractivity contribution in [2.75, 3.05) is 0 Å².